The van der Waals surface area contributed by atoms with Gasteiger partial charge in [-0.2, -0.15) is 0 Å². The Morgan fingerprint density at radius 3 is 3.19 bits per heavy atom. The highest BCUT2D eigenvalue weighted by atomic mass is 127. The number of fused-ring (bicyclic) bond motifs is 3. The van der Waals surface area contributed by atoms with Crippen molar-refractivity contribution in [3.8, 4) is 0 Å². The largest absolute Gasteiger partial charge is 0.347 e. The molecule has 2 bridgehead atoms. The number of carbonyl (C=O) groups is 1. The van der Waals surface area contributed by atoms with E-state index in [9.17, 15) is 4.79 Å². The molecule has 6 heteroatoms. The smallest absolute Gasteiger partial charge is 0.270 e. The third-order valence-corrected chi connectivity index (χ3v) is 6.26. The zero-order chi connectivity index (χ0) is 14.4. The van der Waals surface area contributed by atoms with Gasteiger partial charge in [-0.15, -0.1) is 11.3 Å². The Hall–Kier alpha value is -0.730. The van der Waals surface area contributed by atoms with E-state index in [1.54, 1.807) is 17.5 Å². The number of hydrogen-bond donors (Lipinski definition) is 1. The van der Waals surface area contributed by atoms with E-state index in [1.165, 1.54) is 22.4 Å². The Balaban J connectivity index is 1.50. The molecule has 1 amide bonds. The molecule has 1 unspecified atom stereocenters. The molecule has 2 fully saturated rings. The van der Waals surface area contributed by atoms with Gasteiger partial charge in [-0.05, 0) is 60.0 Å². The number of thiophene rings is 1. The lowest BCUT2D eigenvalue weighted by molar-refractivity contribution is 0.0904. The first-order valence-electron chi connectivity index (χ1n) is 7.26. The van der Waals surface area contributed by atoms with Crippen LogP contribution in [0.5, 0.6) is 0 Å². The van der Waals surface area contributed by atoms with Crippen LogP contribution in [0.4, 0.5) is 0 Å². The molecule has 2 aromatic rings. The fourth-order valence-corrected chi connectivity index (χ4v) is 5.29. The molecular formula is C15H16IN3OS. The number of nitrogens with zero attached hydrogens (tertiary/aromatic N) is 2. The Bertz CT molecular complexity index is 689. The van der Waals surface area contributed by atoms with Crippen molar-refractivity contribution >= 4 is 49.9 Å². The second kappa shape index (κ2) is 5.48. The number of nitrogens with one attached hydrogen (secondary N) is 1. The lowest BCUT2D eigenvalue weighted by Crippen LogP contribution is -2.47. The van der Waals surface area contributed by atoms with Gasteiger partial charge >= 0.3 is 0 Å². The average molecular weight is 413 g/mol. The minimum Gasteiger partial charge on any atom is -0.347 e. The molecular weight excluding hydrogens is 397 g/mol. The van der Waals surface area contributed by atoms with Crippen LogP contribution in [0.15, 0.2) is 18.3 Å². The van der Waals surface area contributed by atoms with Gasteiger partial charge < -0.3 is 10.2 Å². The van der Waals surface area contributed by atoms with E-state index in [4.69, 9.17) is 0 Å². The van der Waals surface area contributed by atoms with Gasteiger partial charge in [0.05, 0.1) is 2.88 Å². The molecule has 0 aliphatic carbocycles. The summed E-state index contributed by atoms with van der Waals surface area (Å²) < 4.78 is 2.35. The highest BCUT2D eigenvalue weighted by molar-refractivity contribution is 14.1. The zero-order valence-electron chi connectivity index (χ0n) is 11.5. The summed E-state index contributed by atoms with van der Waals surface area (Å²) in [6.07, 6.45) is 4.20. The molecule has 21 heavy (non-hydrogen) atoms. The molecule has 4 nitrogen and oxygen atoms in total. The van der Waals surface area contributed by atoms with Crippen LogP contribution in [0.3, 0.4) is 0 Å². The van der Waals surface area contributed by atoms with E-state index in [2.05, 4.69) is 43.9 Å². The van der Waals surface area contributed by atoms with Crippen LogP contribution in [-0.2, 0) is 0 Å². The highest BCUT2D eigenvalue weighted by Gasteiger charge is 2.33. The minimum absolute atomic E-state index is 0.0344. The molecule has 4 heterocycles. The first-order valence-corrected chi connectivity index (χ1v) is 9.15. The summed E-state index contributed by atoms with van der Waals surface area (Å²) in [5, 5.41) is 4.28. The van der Waals surface area contributed by atoms with Crippen molar-refractivity contribution in [3.05, 3.63) is 26.9 Å². The van der Waals surface area contributed by atoms with Gasteiger partial charge in [-0.1, -0.05) is 0 Å². The fraction of sp³-hybridized carbons (Fsp3) is 0.467. The molecule has 110 valence electrons. The number of pyridine rings is 1. The number of rotatable bonds is 2. The van der Waals surface area contributed by atoms with Crippen LogP contribution in [0.1, 0.15) is 23.3 Å². The molecule has 2 aromatic heterocycles. The number of amides is 1. The van der Waals surface area contributed by atoms with Gasteiger partial charge in [0.15, 0.2) is 0 Å². The van der Waals surface area contributed by atoms with Crippen molar-refractivity contribution in [2.75, 3.05) is 19.6 Å². The second-order valence-electron chi connectivity index (χ2n) is 5.98. The second-order valence-corrected chi connectivity index (χ2v) is 8.96. The maximum absolute atomic E-state index is 12.4. The molecule has 3 atom stereocenters. The highest BCUT2D eigenvalue weighted by Crippen LogP contribution is 2.28. The molecule has 2 aliphatic heterocycles. The van der Waals surface area contributed by atoms with E-state index >= 15 is 0 Å². The van der Waals surface area contributed by atoms with Gasteiger partial charge in [0.25, 0.3) is 5.91 Å². The quantitative estimate of drug-likeness (QED) is 0.771. The summed E-state index contributed by atoms with van der Waals surface area (Å²) in [6, 6.07) is 4.29. The number of aromatic nitrogens is 1. The zero-order valence-corrected chi connectivity index (χ0v) is 14.5. The van der Waals surface area contributed by atoms with Crippen LogP contribution < -0.4 is 5.32 Å². The van der Waals surface area contributed by atoms with Gasteiger partial charge in [0.2, 0.25) is 0 Å². The van der Waals surface area contributed by atoms with Crippen LogP contribution in [-0.4, -0.2) is 41.5 Å². The summed E-state index contributed by atoms with van der Waals surface area (Å²) in [7, 11) is 0. The Morgan fingerprint density at radius 1 is 1.43 bits per heavy atom. The van der Waals surface area contributed by atoms with Crippen LogP contribution in [0.2, 0.25) is 0 Å². The fourth-order valence-electron chi connectivity index (χ4n) is 3.45. The summed E-state index contributed by atoms with van der Waals surface area (Å²) in [4.78, 5) is 19.2. The van der Waals surface area contributed by atoms with E-state index in [0.717, 1.165) is 29.0 Å². The van der Waals surface area contributed by atoms with Crippen molar-refractivity contribution in [2.24, 2.45) is 5.92 Å². The molecule has 2 aliphatic rings. The first-order chi connectivity index (χ1) is 10.2. The molecule has 0 spiro atoms. The Morgan fingerprint density at radius 2 is 2.33 bits per heavy atom. The van der Waals surface area contributed by atoms with Crippen molar-refractivity contribution in [3.63, 3.8) is 0 Å². The molecule has 0 radical (unpaired) electrons. The number of carbonyl (C=O) groups excluding carboxylic acids is 1. The SMILES string of the molecule is O=C(N[C@@H]1C[C@@H]2CCN(C2)C1)c1cc2sc(I)cc2cn1. The summed E-state index contributed by atoms with van der Waals surface area (Å²) in [6.45, 7) is 3.39. The van der Waals surface area contributed by atoms with E-state index in [0.29, 0.717) is 5.69 Å². The van der Waals surface area contributed by atoms with E-state index in [1.807, 2.05) is 6.07 Å². The molecule has 0 aromatic carbocycles. The number of piperidine rings is 1. The molecule has 1 N–H and O–H groups in total. The van der Waals surface area contributed by atoms with Gasteiger partial charge in [0.1, 0.15) is 5.69 Å². The normalized spacial score (nSPS) is 28.0. The average Bonchev–Trinajstić information content (AvgIpc) is 2.99. The van der Waals surface area contributed by atoms with Gasteiger partial charge in [-0.25, -0.2) is 0 Å². The van der Waals surface area contributed by atoms with Crippen molar-refractivity contribution in [1.29, 1.82) is 0 Å². The number of hydrogen-bond acceptors (Lipinski definition) is 4. The Labute approximate surface area is 141 Å². The third kappa shape index (κ3) is 2.80. The van der Waals surface area contributed by atoms with E-state index < -0.39 is 0 Å². The van der Waals surface area contributed by atoms with E-state index in [-0.39, 0.29) is 11.9 Å². The maximum atomic E-state index is 12.4. The maximum Gasteiger partial charge on any atom is 0.270 e. The third-order valence-electron chi connectivity index (χ3n) is 4.41. The molecule has 0 saturated carbocycles. The van der Waals surface area contributed by atoms with Crippen LogP contribution >= 0.6 is 33.9 Å². The summed E-state index contributed by atoms with van der Waals surface area (Å²) >= 11 is 4.00. The van der Waals surface area contributed by atoms with Gasteiger partial charge in [0, 0.05) is 35.4 Å². The number of halogens is 1. The predicted octanol–water partition coefficient (Wildman–Crippen LogP) is 2.72. The monoisotopic (exact) mass is 413 g/mol. The molecule has 4 rings (SSSR count). The van der Waals surface area contributed by atoms with Crippen molar-refractivity contribution < 1.29 is 4.79 Å². The lowest BCUT2D eigenvalue weighted by atomic mass is 9.97. The molecule has 2 saturated heterocycles. The lowest BCUT2D eigenvalue weighted by Gasteiger charge is -2.30. The van der Waals surface area contributed by atoms with Crippen molar-refractivity contribution in [2.45, 2.75) is 18.9 Å². The van der Waals surface area contributed by atoms with Crippen LogP contribution in [0, 0.1) is 8.80 Å². The predicted molar refractivity (Wildman–Crippen MR) is 92.8 cm³/mol. The standard InChI is InChI=1S/C15H16IN3OS/c16-14-4-10-6-17-12(5-13(10)21-14)15(20)18-11-3-9-1-2-19(7-9)8-11/h4-6,9,11H,1-3,7-8H2,(H,18,20)/t9-,11+/m0/s1. The minimum atomic E-state index is -0.0344. The van der Waals surface area contributed by atoms with Crippen molar-refractivity contribution in [1.82, 2.24) is 15.2 Å². The van der Waals surface area contributed by atoms with Gasteiger partial charge in [-0.3, -0.25) is 9.78 Å². The Kier molecular flexibility index (Phi) is 3.63. The summed E-state index contributed by atoms with van der Waals surface area (Å²) in [5.41, 5.74) is 0.536. The van der Waals surface area contributed by atoms with Crippen LogP contribution in [0.25, 0.3) is 10.1 Å². The summed E-state index contributed by atoms with van der Waals surface area (Å²) in [5.74, 6) is 0.728. The topological polar surface area (TPSA) is 45.2 Å². The first kappa shape index (κ1) is 13.9.